The van der Waals surface area contributed by atoms with Crippen molar-refractivity contribution in [2.45, 2.75) is 57.4 Å². The van der Waals surface area contributed by atoms with Crippen LogP contribution >= 0.6 is 0 Å². The normalized spacial score (nSPS) is 37.8. The number of hydrogen-bond donors (Lipinski definition) is 1. The van der Waals surface area contributed by atoms with Crippen molar-refractivity contribution in [1.29, 1.82) is 0 Å². The molecule has 0 aromatic carbocycles. The van der Waals surface area contributed by atoms with Gasteiger partial charge in [0.15, 0.2) is 0 Å². The van der Waals surface area contributed by atoms with Gasteiger partial charge in [0, 0.05) is 6.04 Å². The van der Waals surface area contributed by atoms with Crippen LogP contribution in [0.2, 0.25) is 0 Å². The second-order valence-electron chi connectivity index (χ2n) is 4.74. The molecule has 1 heteroatoms. The smallest absolute Gasteiger partial charge is 0.00673 e. The van der Waals surface area contributed by atoms with Crippen molar-refractivity contribution in [2.24, 2.45) is 17.6 Å². The largest absolute Gasteiger partial charge is 0.327 e. The van der Waals surface area contributed by atoms with Crippen LogP contribution in [-0.4, -0.2) is 6.04 Å². The van der Waals surface area contributed by atoms with E-state index in [9.17, 15) is 0 Å². The van der Waals surface area contributed by atoms with E-state index >= 15 is 0 Å². The van der Waals surface area contributed by atoms with Crippen molar-refractivity contribution in [3.05, 3.63) is 0 Å². The second-order valence-corrected chi connectivity index (χ2v) is 4.74. The fourth-order valence-corrected chi connectivity index (χ4v) is 2.74. The van der Waals surface area contributed by atoms with Gasteiger partial charge in [-0.2, -0.15) is 0 Å². The van der Waals surface area contributed by atoms with Crippen LogP contribution in [0.4, 0.5) is 0 Å². The maximum absolute atomic E-state index is 5.94. The maximum atomic E-state index is 5.94. The fourth-order valence-electron chi connectivity index (χ4n) is 2.74. The van der Waals surface area contributed by atoms with E-state index in [1.54, 1.807) is 0 Å². The van der Waals surface area contributed by atoms with Crippen LogP contribution in [0.5, 0.6) is 0 Å². The van der Waals surface area contributed by atoms with Gasteiger partial charge in [0.2, 0.25) is 0 Å². The van der Waals surface area contributed by atoms with Crippen molar-refractivity contribution in [3.63, 3.8) is 0 Å². The molecule has 0 bridgehead atoms. The highest BCUT2D eigenvalue weighted by Crippen LogP contribution is 2.36. The van der Waals surface area contributed by atoms with E-state index in [1.165, 1.54) is 51.4 Å². The highest BCUT2D eigenvalue weighted by Gasteiger charge is 2.29. The topological polar surface area (TPSA) is 26.0 Å². The molecule has 0 amide bonds. The summed E-state index contributed by atoms with van der Waals surface area (Å²) >= 11 is 0. The summed E-state index contributed by atoms with van der Waals surface area (Å²) in [7, 11) is 0. The van der Waals surface area contributed by atoms with Crippen molar-refractivity contribution in [1.82, 2.24) is 0 Å². The molecule has 0 radical (unpaired) electrons. The molecule has 2 fully saturated rings. The Morgan fingerprint density at radius 3 is 2.17 bits per heavy atom. The monoisotopic (exact) mass is 167 g/mol. The van der Waals surface area contributed by atoms with Gasteiger partial charge in [-0.15, -0.1) is 0 Å². The lowest BCUT2D eigenvalue weighted by atomic mass is 9.72. The molecule has 2 aliphatic carbocycles. The van der Waals surface area contributed by atoms with Crippen LogP contribution in [0.15, 0.2) is 0 Å². The number of hydrogen-bond acceptors (Lipinski definition) is 1. The van der Waals surface area contributed by atoms with Gasteiger partial charge in [0.25, 0.3) is 0 Å². The first-order valence-corrected chi connectivity index (χ1v) is 5.62. The van der Waals surface area contributed by atoms with Crippen LogP contribution in [0.3, 0.4) is 0 Å². The van der Waals surface area contributed by atoms with Crippen LogP contribution in [-0.2, 0) is 0 Å². The van der Waals surface area contributed by atoms with Gasteiger partial charge in [-0.25, -0.2) is 0 Å². The Kier molecular flexibility index (Phi) is 2.69. The SMILES string of the molecule is NC1CCC1CC1CCCCC1. The molecule has 0 aliphatic heterocycles. The lowest BCUT2D eigenvalue weighted by Crippen LogP contribution is -2.40. The molecular weight excluding hydrogens is 146 g/mol. The van der Waals surface area contributed by atoms with E-state index in [1.807, 2.05) is 0 Å². The lowest BCUT2D eigenvalue weighted by molar-refractivity contribution is 0.183. The quantitative estimate of drug-likeness (QED) is 0.672. The highest BCUT2D eigenvalue weighted by molar-refractivity contribution is 4.85. The summed E-state index contributed by atoms with van der Waals surface area (Å²) in [5, 5.41) is 0. The number of rotatable bonds is 2. The molecular formula is C11H21N. The third-order valence-electron chi connectivity index (χ3n) is 3.84. The first-order chi connectivity index (χ1) is 5.86. The molecule has 1 nitrogen and oxygen atoms in total. The van der Waals surface area contributed by atoms with Crippen LogP contribution in [0.1, 0.15) is 51.4 Å². The Morgan fingerprint density at radius 1 is 0.917 bits per heavy atom. The highest BCUT2D eigenvalue weighted by atomic mass is 14.7. The van der Waals surface area contributed by atoms with Crippen molar-refractivity contribution >= 4 is 0 Å². The van der Waals surface area contributed by atoms with Gasteiger partial charge in [0.05, 0.1) is 0 Å². The zero-order chi connectivity index (χ0) is 8.39. The molecule has 0 aromatic heterocycles. The number of nitrogens with two attached hydrogens (primary N) is 1. The summed E-state index contributed by atoms with van der Waals surface area (Å²) in [4.78, 5) is 0. The summed E-state index contributed by atoms with van der Waals surface area (Å²) < 4.78 is 0. The molecule has 70 valence electrons. The van der Waals surface area contributed by atoms with E-state index < -0.39 is 0 Å². The Balaban J connectivity index is 1.70. The van der Waals surface area contributed by atoms with Crippen LogP contribution in [0.25, 0.3) is 0 Å². The van der Waals surface area contributed by atoms with E-state index in [2.05, 4.69) is 0 Å². The molecule has 0 saturated heterocycles. The maximum Gasteiger partial charge on any atom is 0.00673 e. The Morgan fingerprint density at radius 2 is 1.67 bits per heavy atom. The molecule has 12 heavy (non-hydrogen) atoms. The summed E-state index contributed by atoms with van der Waals surface area (Å²) in [5.41, 5.74) is 5.94. The standard InChI is InChI=1S/C11H21N/c12-11-7-6-10(11)8-9-4-2-1-3-5-9/h9-11H,1-8,12H2. The Hall–Kier alpha value is -0.0400. The molecule has 2 saturated carbocycles. The van der Waals surface area contributed by atoms with Gasteiger partial charge in [-0.1, -0.05) is 32.1 Å². The van der Waals surface area contributed by atoms with Gasteiger partial charge >= 0.3 is 0 Å². The van der Waals surface area contributed by atoms with Crippen LogP contribution in [0, 0.1) is 11.8 Å². The predicted molar refractivity (Wildman–Crippen MR) is 51.9 cm³/mol. The van der Waals surface area contributed by atoms with Gasteiger partial charge in [0.1, 0.15) is 0 Å². The minimum Gasteiger partial charge on any atom is -0.327 e. The van der Waals surface area contributed by atoms with E-state index in [4.69, 9.17) is 5.73 Å². The third kappa shape index (κ3) is 1.82. The lowest BCUT2D eigenvalue weighted by Gasteiger charge is -2.37. The first-order valence-electron chi connectivity index (χ1n) is 5.62. The summed E-state index contributed by atoms with van der Waals surface area (Å²) in [6, 6.07) is 0.562. The molecule has 2 rings (SSSR count). The van der Waals surface area contributed by atoms with E-state index in [0.29, 0.717) is 6.04 Å². The first kappa shape index (κ1) is 8.55. The average molecular weight is 167 g/mol. The minimum absolute atomic E-state index is 0.562. The predicted octanol–water partition coefficient (Wildman–Crippen LogP) is 2.69. The van der Waals surface area contributed by atoms with Crippen molar-refractivity contribution in [3.8, 4) is 0 Å². The third-order valence-corrected chi connectivity index (χ3v) is 3.84. The molecule has 0 spiro atoms. The molecule has 0 aromatic rings. The zero-order valence-corrected chi connectivity index (χ0v) is 7.97. The van der Waals surface area contributed by atoms with Gasteiger partial charge < -0.3 is 5.73 Å². The van der Waals surface area contributed by atoms with Crippen LogP contribution < -0.4 is 5.73 Å². The van der Waals surface area contributed by atoms with E-state index in [0.717, 1.165) is 11.8 Å². The van der Waals surface area contributed by atoms with Gasteiger partial charge in [-0.3, -0.25) is 0 Å². The molecule has 2 unspecified atom stereocenters. The average Bonchev–Trinajstić information content (AvgIpc) is 2.14. The Bertz CT molecular complexity index is 138. The molecule has 2 atom stereocenters. The summed E-state index contributed by atoms with van der Waals surface area (Å²) in [6.07, 6.45) is 11.6. The second kappa shape index (κ2) is 3.78. The molecule has 2 aliphatic rings. The summed E-state index contributed by atoms with van der Waals surface area (Å²) in [5.74, 6) is 1.93. The Labute approximate surface area is 75.7 Å². The van der Waals surface area contributed by atoms with Crippen molar-refractivity contribution < 1.29 is 0 Å². The zero-order valence-electron chi connectivity index (χ0n) is 7.97. The fraction of sp³-hybridized carbons (Fsp3) is 1.00. The minimum atomic E-state index is 0.562. The molecule has 2 N–H and O–H groups in total. The van der Waals surface area contributed by atoms with Crippen molar-refractivity contribution in [2.75, 3.05) is 0 Å². The van der Waals surface area contributed by atoms with E-state index in [-0.39, 0.29) is 0 Å². The van der Waals surface area contributed by atoms with Gasteiger partial charge in [-0.05, 0) is 31.1 Å². The summed E-state index contributed by atoms with van der Waals surface area (Å²) in [6.45, 7) is 0. The molecule has 0 heterocycles.